The molecule has 0 saturated heterocycles. The molecule has 0 spiro atoms. The first-order chi connectivity index (χ1) is 14.1. The van der Waals surface area contributed by atoms with Gasteiger partial charge in [0.15, 0.2) is 0 Å². The molecule has 0 aliphatic heterocycles. The van der Waals surface area contributed by atoms with Crippen LogP contribution in [0.2, 0.25) is 0 Å². The van der Waals surface area contributed by atoms with Crippen LogP contribution in [0.5, 0.6) is 11.5 Å². The molecule has 0 aliphatic rings. The van der Waals surface area contributed by atoms with Gasteiger partial charge in [-0.05, 0) is 49.4 Å². The van der Waals surface area contributed by atoms with Crippen LogP contribution < -0.4 is 20.2 Å². The van der Waals surface area contributed by atoms with Crippen LogP contribution in [-0.2, 0) is 0 Å². The number of aryl methyl sites for hydroxylation is 1. The van der Waals surface area contributed by atoms with E-state index >= 15 is 0 Å². The summed E-state index contributed by atoms with van der Waals surface area (Å²) < 4.78 is 16.6. The van der Waals surface area contributed by atoms with Crippen LogP contribution >= 0.6 is 0 Å². The van der Waals surface area contributed by atoms with Crippen LogP contribution in [0.4, 0.5) is 11.4 Å². The molecule has 1 aromatic heterocycles. The van der Waals surface area contributed by atoms with Crippen molar-refractivity contribution in [2.45, 2.75) is 6.92 Å². The van der Waals surface area contributed by atoms with Gasteiger partial charge in [0.2, 0.25) is 5.43 Å². The van der Waals surface area contributed by atoms with E-state index in [1.54, 1.807) is 27.2 Å². The first-order valence-corrected chi connectivity index (χ1v) is 9.22. The van der Waals surface area contributed by atoms with E-state index in [0.717, 1.165) is 22.7 Å². The van der Waals surface area contributed by atoms with E-state index in [4.69, 9.17) is 13.9 Å². The van der Waals surface area contributed by atoms with Gasteiger partial charge >= 0.3 is 0 Å². The van der Waals surface area contributed by atoms with Crippen LogP contribution in [0, 0.1) is 6.92 Å². The topological polar surface area (TPSA) is 60.7 Å². The molecule has 0 fully saturated rings. The second kappa shape index (κ2) is 7.72. The number of benzene rings is 3. The standard InChI is InChI=1S/C24H21NO4/c1-15-23(19-6-4-5-7-21(19)28-3)24(26)20-13-10-17(14-22(20)29-15)25-16-8-11-18(27-2)12-9-16/h4-14,25H,1-3H3. The third kappa shape index (κ3) is 3.55. The molecule has 0 radical (unpaired) electrons. The maximum Gasteiger partial charge on any atom is 0.200 e. The molecule has 4 rings (SSSR count). The number of nitrogens with one attached hydrogen (secondary N) is 1. The summed E-state index contributed by atoms with van der Waals surface area (Å²) in [6.45, 7) is 1.80. The Balaban J connectivity index is 1.76. The third-order valence-corrected chi connectivity index (χ3v) is 4.82. The monoisotopic (exact) mass is 387 g/mol. The number of hydrogen-bond acceptors (Lipinski definition) is 5. The maximum atomic E-state index is 13.2. The SMILES string of the molecule is COc1ccc(Nc2ccc3c(=O)c(-c4ccccc4OC)c(C)oc3c2)cc1. The number of fused-ring (bicyclic) bond motifs is 1. The van der Waals surface area contributed by atoms with Crippen molar-refractivity contribution in [3.8, 4) is 22.6 Å². The molecule has 1 N–H and O–H groups in total. The lowest BCUT2D eigenvalue weighted by Crippen LogP contribution is -2.08. The van der Waals surface area contributed by atoms with Gasteiger partial charge < -0.3 is 19.2 Å². The maximum absolute atomic E-state index is 13.2. The first-order valence-electron chi connectivity index (χ1n) is 9.22. The molecular formula is C24H21NO4. The summed E-state index contributed by atoms with van der Waals surface area (Å²) in [6.07, 6.45) is 0. The van der Waals surface area contributed by atoms with Gasteiger partial charge in [-0.3, -0.25) is 4.79 Å². The number of para-hydroxylation sites is 1. The van der Waals surface area contributed by atoms with Crippen LogP contribution in [0.1, 0.15) is 5.76 Å². The summed E-state index contributed by atoms with van der Waals surface area (Å²) in [4.78, 5) is 13.2. The Morgan fingerprint density at radius 1 is 0.862 bits per heavy atom. The van der Waals surface area contributed by atoms with Crippen molar-refractivity contribution in [1.29, 1.82) is 0 Å². The highest BCUT2D eigenvalue weighted by Gasteiger charge is 2.17. The predicted molar refractivity (Wildman–Crippen MR) is 115 cm³/mol. The van der Waals surface area contributed by atoms with E-state index < -0.39 is 0 Å². The minimum atomic E-state index is -0.0794. The number of anilines is 2. The normalized spacial score (nSPS) is 10.7. The van der Waals surface area contributed by atoms with Crippen molar-refractivity contribution in [1.82, 2.24) is 0 Å². The lowest BCUT2D eigenvalue weighted by molar-refractivity contribution is 0.415. The third-order valence-electron chi connectivity index (χ3n) is 4.82. The van der Waals surface area contributed by atoms with E-state index in [1.165, 1.54) is 0 Å². The summed E-state index contributed by atoms with van der Waals surface area (Å²) in [5, 5.41) is 3.84. The van der Waals surface area contributed by atoms with Gasteiger partial charge in [0, 0.05) is 23.0 Å². The lowest BCUT2D eigenvalue weighted by Gasteiger charge is -2.12. The van der Waals surface area contributed by atoms with Crippen molar-refractivity contribution in [2.75, 3.05) is 19.5 Å². The fraction of sp³-hybridized carbons (Fsp3) is 0.125. The highest BCUT2D eigenvalue weighted by Crippen LogP contribution is 2.32. The fourth-order valence-corrected chi connectivity index (χ4v) is 3.39. The molecule has 146 valence electrons. The quantitative estimate of drug-likeness (QED) is 0.488. The molecule has 4 aromatic rings. The number of hydrogen-bond donors (Lipinski definition) is 1. The Morgan fingerprint density at radius 3 is 2.31 bits per heavy atom. The summed E-state index contributed by atoms with van der Waals surface area (Å²) in [7, 11) is 3.23. The highest BCUT2D eigenvalue weighted by atomic mass is 16.5. The molecule has 0 unspecified atom stereocenters. The van der Waals surface area contributed by atoms with Gasteiger partial charge in [0.25, 0.3) is 0 Å². The van der Waals surface area contributed by atoms with Gasteiger partial charge in [-0.15, -0.1) is 0 Å². The van der Waals surface area contributed by atoms with E-state index in [0.29, 0.717) is 28.0 Å². The fourth-order valence-electron chi connectivity index (χ4n) is 3.39. The predicted octanol–water partition coefficient (Wildman–Crippen LogP) is 5.53. The van der Waals surface area contributed by atoms with Crippen LogP contribution in [0.25, 0.3) is 22.1 Å². The molecule has 0 atom stereocenters. The molecule has 0 bridgehead atoms. The van der Waals surface area contributed by atoms with Crippen molar-refractivity contribution in [3.05, 3.63) is 82.7 Å². The van der Waals surface area contributed by atoms with Gasteiger partial charge in [0.05, 0.1) is 25.2 Å². The van der Waals surface area contributed by atoms with Crippen molar-refractivity contribution in [3.63, 3.8) is 0 Å². The number of ether oxygens (including phenoxy) is 2. The Bertz CT molecular complexity index is 1230. The van der Waals surface area contributed by atoms with Crippen molar-refractivity contribution in [2.24, 2.45) is 0 Å². The Hall–Kier alpha value is -3.73. The van der Waals surface area contributed by atoms with Crippen molar-refractivity contribution < 1.29 is 13.9 Å². The van der Waals surface area contributed by atoms with Gasteiger partial charge in [-0.25, -0.2) is 0 Å². The average molecular weight is 387 g/mol. The van der Waals surface area contributed by atoms with Gasteiger partial charge in [0.1, 0.15) is 22.8 Å². The van der Waals surface area contributed by atoms with Crippen LogP contribution in [0.3, 0.4) is 0 Å². The summed E-state index contributed by atoms with van der Waals surface area (Å²) in [6, 6.07) is 20.5. The van der Waals surface area contributed by atoms with Gasteiger partial charge in [-0.2, -0.15) is 0 Å². The average Bonchev–Trinajstić information content (AvgIpc) is 2.74. The smallest absolute Gasteiger partial charge is 0.200 e. The lowest BCUT2D eigenvalue weighted by atomic mass is 10.0. The van der Waals surface area contributed by atoms with E-state index in [-0.39, 0.29) is 5.43 Å². The highest BCUT2D eigenvalue weighted by molar-refractivity contribution is 5.87. The molecule has 0 amide bonds. The Kier molecular flexibility index (Phi) is 4.96. The van der Waals surface area contributed by atoms with Crippen LogP contribution in [0.15, 0.2) is 75.9 Å². The zero-order chi connectivity index (χ0) is 20.4. The molecule has 5 nitrogen and oxygen atoms in total. The molecule has 0 aliphatic carbocycles. The summed E-state index contributed by atoms with van der Waals surface area (Å²) in [5.41, 5.74) is 3.44. The minimum Gasteiger partial charge on any atom is -0.497 e. The Labute approximate surface area is 168 Å². The molecule has 5 heteroatoms. The zero-order valence-corrected chi connectivity index (χ0v) is 16.5. The number of rotatable bonds is 5. The second-order valence-corrected chi connectivity index (χ2v) is 6.63. The largest absolute Gasteiger partial charge is 0.497 e. The molecule has 0 saturated carbocycles. The van der Waals surface area contributed by atoms with E-state index in [9.17, 15) is 4.79 Å². The summed E-state index contributed by atoms with van der Waals surface area (Å²) >= 11 is 0. The Morgan fingerprint density at radius 2 is 1.59 bits per heavy atom. The van der Waals surface area contributed by atoms with Crippen LogP contribution in [-0.4, -0.2) is 14.2 Å². The second-order valence-electron chi connectivity index (χ2n) is 6.63. The van der Waals surface area contributed by atoms with Gasteiger partial charge in [-0.1, -0.05) is 18.2 Å². The molecule has 29 heavy (non-hydrogen) atoms. The van der Waals surface area contributed by atoms with Crippen molar-refractivity contribution >= 4 is 22.3 Å². The van der Waals surface area contributed by atoms with E-state index in [1.807, 2.05) is 60.7 Å². The molecular weight excluding hydrogens is 366 g/mol. The summed E-state index contributed by atoms with van der Waals surface area (Å²) in [5.74, 6) is 1.98. The first kappa shape index (κ1) is 18.6. The minimum absolute atomic E-state index is 0.0794. The zero-order valence-electron chi connectivity index (χ0n) is 16.5. The van der Waals surface area contributed by atoms with E-state index in [2.05, 4.69) is 5.32 Å². The number of methoxy groups -OCH3 is 2. The molecule has 1 heterocycles. The molecule has 3 aromatic carbocycles.